The second-order valence-corrected chi connectivity index (χ2v) is 8.39. The Morgan fingerprint density at radius 2 is 1.41 bits per heavy atom. The maximum Gasteiger partial charge on any atom is 0.326 e. The van der Waals surface area contributed by atoms with E-state index in [0.717, 1.165) is 0 Å². The molecule has 0 bridgehead atoms. The fourth-order valence-electron chi connectivity index (χ4n) is 3.01. The first-order valence-electron chi connectivity index (χ1n) is 11.4. The molecule has 0 aromatic carbocycles. The zero-order valence-electron chi connectivity index (χ0n) is 20.1. The van der Waals surface area contributed by atoms with Crippen molar-refractivity contribution in [2.24, 2.45) is 23.1 Å². The van der Waals surface area contributed by atoms with Gasteiger partial charge in [0.25, 0.3) is 0 Å². The molecule has 0 saturated heterocycles. The molecule has 0 fully saturated rings. The van der Waals surface area contributed by atoms with Crippen molar-refractivity contribution in [1.82, 2.24) is 16.0 Å². The van der Waals surface area contributed by atoms with Crippen molar-refractivity contribution in [2.45, 2.75) is 89.6 Å². The summed E-state index contributed by atoms with van der Waals surface area (Å²) in [6, 6.07) is -4.84. The van der Waals surface area contributed by atoms with E-state index in [9.17, 15) is 34.2 Å². The van der Waals surface area contributed by atoms with Gasteiger partial charge in [-0.3, -0.25) is 19.2 Å². The Morgan fingerprint density at radius 3 is 1.88 bits per heavy atom. The summed E-state index contributed by atoms with van der Waals surface area (Å²) >= 11 is 0. The summed E-state index contributed by atoms with van der Waals surface area (Å²) in [4.78, 5) is 60.9. The van der Waals surface area contributed by atoms with E-state index in [4.69, 9.17) is 17.2 Å². The number of carbonyl (C=O) groups is 5. The summed E-state index contributed by atoms with van der Waals surface area (Å²) in [5, 5.41) is 26.3. The molecule has 0 spiro atoms. The SMILES string of the molecule is CCC(C)C(NC(=O)C(CCCCN)NC(=O)C(CCC(N)=O)NC(=O)C(N)C(C)O)C(=O)O. The fraction of sp³-hybridized carbons (Fsp3) is 0.762. The van der Waals surface area contributed by atoms with E-state index in [2.05, 4.69) is 16.0 Å². The minimum Gasteiger partial charge on any atom is -0.480 e. The molecule has 0 aromatic rings. The van der Waals surface area contributed by atoms with Crippen LogP contribution in [-0.2, 0) is 24.0 Å². The quantitative estimate of drug-likeness (QED) is 0.102. The summed E-state index contributed by atoms with van der Waals surface area (Å²) in [7, 11) is 0. The van der Waals surface area contributed by atoms with Gasteiger partial charge in [-0.15, -0.1) is 0 Å². The highest BCUT2D eigenvalue weighted by molar-refractivity contribution is 5.94. The minimum atomic E-state index is -1.32. The van der Waals surface area contributed by atoms with Crippen molar-refractivity contribution in [3.05, 3.63) is 0 Å². The highest BCUT2D eigenvalue weighted by atomic mass is 16.4. The number of nitrogens with two attached hydrogens (primary N) is 3. The van der Waals surface area contributed by atoms with Gasteiger partial charge < -0.3 is 43.4 Å². The number of primary amides is 1. The van der Waals surface area contributed by atoms with Crippen LogP contribution < -0.4 is 33.2 Å². The fourth-order valence-corrected chi connectivity index (χ4v) is 3.01. The lowest BCUT2D eigenvalue weighted by Crippen LogP contribution is -2.58. The maximum absolute atomic E-state index is 12.9. The number of aliphatic carboxylic acids is 1. The van der Waals surface area contributed by atoms with E-state index in [-0.39, 0.29) is 25.2 Å². The third kappa shape index (κ3) is 11.4. The van der Waals surface area contributed by atoms with E-state index >= 15 is 0 Å². The molecule has 34 heavy (non-hydrogen) atoms. The summed E-state index contributed by atoms with van der Waals surface area (Å²) < 4.78 is 0. The van der Waals surface area contributed by atoms with Gasteiger partial charge in [-0.1, -0.05) is 20.3 Å². The number of hydrogen-bond acceptors (Lipinski definition) is 8. The van der Waals surface area contributed by atoms with Crippen molar-refractivity contribution in [2.75, 3.05) is 6.54 Å². The van der Waals surface area contributed by atoms with Gasteiger partial charge in [0.2, 0.25) is 23.6 Å². The minimum absolute atomic E-state index is 0.165. The van der Waals surface area contributed by atoms with Gasteiger partial charge in [0.15, 0.2) is 0 Å². The van der Waals surface area contributed by atoms with E-state index in [0.29, 0.717) is 25.8 Å². The average Bonchev–Trinajstić information content (AvgIpc) is 2.77. The van der Waals surface area contributed by atoms with E-state index in [1.165, 1.54) is 6.92 Å². The largest absolute Gasteiger partial charge is 0.480 e. The van der Waals surface area contributed by atoms with Crippen LogP contribution >= 0.6 is 0 Å². The molecule has 0 aliphatic carbocycles. The van der Waals surface area contributed by atoms with E-state index in [1.807, 2.05) is 0 Å². The monoisotopic (exact) mass is 488 g/mol. The molecule has 4 amide bonds. The number of rotatable bonds is 17. The second-order valence-electron chi connectivity index (χ2n) is 8.39. The third-order valence-electron chi connectivity index (χ3n) is 5.49. The first kappa shape index (κ1) is 31.2. The highest BCUT2D eigenvalue weighted by Crippen LogP contribution is 2.10. The number of amides is 4. The first-order chi connectivity index (χ1) is 15.8. The number of carboxylic acid groups (broad SMARTS) is 1. The number of aliphatic hydroxyl groups is 1. The van der Waals surface area contributed by atoms with Crippen molar-refractivity contribution in [1.29, 1.82) is 0 Å². The zero-order valence-corrected chi connectivity index (χ0v) is 20.1. The molecule has 0 radical (unpaired) electrons. The molecule has 11 N–H and O–H groups in total. The van der Waals surface area contributed by atoms with Gasteiger partial charge in [-0.25, -0.2) is 4.79 Å². The van der Waals surface area contributed by atoms with Gasteiger partial charge in [-0.05, 0) is 45.1 Å². The molecule has 13 heteroatoms. The molecule has 0 rings (SSSR count). The Balaban J connectivity index is 5.62. The molecule has 0 heterocycles. The molecular weight excluding hydrogens is 448 g/mol. The number of aliphatic hydroxyl groups excluding tert-OH is 1. The number of hydrogen-bond donors (Lipinski definition) is 8. The Morgan fingerprint density at radius 1 is 0.882 bits per heavy atom. The standard InChI is InChI=1S/C21H40N6O7/c1-4-11(2)17(21(33)34)27-19(31)13(7-5-6-10-22)25-18(30)14(8-9-15(23)29)26-20(32)16(24)12(3)28/h11-14,16-17,28H,4-10,22,24H2,1-3H3,(H2,23,29)(H,25,30)(H,26,32)(H,27,31)(H,33,34). The molecule has 0 aliphatic rings. The number of nitrogens with one attached hydrogen (secondary N) is 3. The predicted molar refractivity (Wildman–Crippen MR) is 124 cm³/mol. The Hall–Kier alpha value is -2.77. The lowest BCUT2D eigenvalue weighted by Gasteiger charge is -2.26. The van der Waals surface area contributed by atoms with Crippen LogP contribution in [0.15, 0.2) is 0 Å². The molecule has 196 valence electrons. The van der Waals surface area contributed by atoms with Crippen LogP contribution in [0.1, 0.15) is 59.3 Å². The number of carbonyl (C=O) groups excluding carboxylic acids is 4. The second kappa shape index (κ2) is 16.0. The summed E-state index contributed by atoms with van der Waals surface area (Å²) in [5.74, 6) is -4.57. The van der Waals surface area contributed by atoms with Gasteiger partial charge in [0.1, 0.15) is 24.2 Å². The average molecular weight is 489 g/mol. The number of unbranched alkanes of at least 4 members (excludes halogenated alkanes) is 1. The summed E-state index contributed by atoms with van der Waals surface area (Å²) in [6.07, 6.45) is 0.128. The van der Waals surface area contributed by atoms with Crippen LogP contribution in [0.2, 0.25) is 0 Å². The van der Waals surface area contributed by atoms with Gasteiger partial charge in [0, 0.05) is 6.42 Å². The topological polar surface area (TPSA) is 240 Å². The summed E-state index contributed by atoms with van der Waals surface area (Å²) in [6.45, 7) is 5.14. The van der Waals surface area contributed by atoms with Crippen LogP contribution in [-0.4, -0.2) is 76.6 Å². The Bertz CT molecular complexity index is 703. The molecule has 6 unspecified atom stereocenters. The van der Waals surface area contributed by atoms with Crippen LogP contribution in [0.3, 0.4) is 0 Å². The normalized spacial score (nSPS) is 16.3. The third-order valence-corrected chi connectivity index (χ3v) is 5.49. The lowest BCUT2D eigenvalue weighted by molar-refractivity contribution is -0.144. The van der Waals surface area contributed by atoms with Gasteiger partial charge in [0.05, 0.1) is 6.10 Å². The number of carboxylic acids is 1. The van der Waals surface area contributed by atoms with Crippen molar-refractivity contribution < 1.29 is 34.2 Å². The molecule has 6 atom stereocenters. The molecule has 0 aromatic heterocycles. The molecule has 0 aliphatic heterocycles. The van der Waals surface area contributed by atoms with E-state index in [1.54, 1.807) is 13.8 Å². The highest BCUT2D eigenvalue weighted by Gasteiger charge is 2.32. The lowest BCUT2D eigenvalue weighted by atomic mass is 9.98. The van der Waals surface area contributed by atoms with E-state index < -0.39 is 59.9 Å². The van der Waals surface area contributed by atoms with Crippen LogP contribution in [0.4, 0.5) is 0 Å². The summed E-state index contributed by atoms with van der Waals surface area (Å²) in [5.41, 5.74) is 16.3. The zero-order chi connectivity index (χ0) is 26.4. The first-order valence-corrected chi connectivity index (χ1v) is 11.4. The Labute approximate surface area is 199 Å². The molecular formula is C21H40N6O7. The van der Waals surface area contributed by atoms with Crippen molar-refractivity contribution >= 4 is 29.6 Å². The predicted octanol–water partition coefficient (Wildman–Crippen LogP) is -2.33. The van der Waals surface area contributed by atoms with Crippen LogP contribution in [0.5, 0.6) is 0 Å². The molecule has 0 saturated carbocycles. The van der Waals surface area contributed by atoms with Gasteiger partial charge in [-0.2, -0.15) is 0 Å². The smallest absolute Gasteiger partial charge is 0.326 e. The van der Waals surface area contributed by atoms with Gasteiger partial charge >= 0.3 is 5.97 Å². The van der Waals surface area contributed by atoms with Crippen LogP contribution in [0.25, 0.3) is 0 Å². The van der Waals surface area contributed by atoms with Crippen molar-refractivity contribution in [3.8, 4) is 0 Å². The van der Waals surface area contributed by atoms with Crippen LogP contribution in [0, 0.1) is 5.92 Å². The maximum atomic E-state index is 12.9. The molecule has 13 nitrogen and oxygen atoms in total. The van der Waals surface area contributed by atoms with Crippen molar-refractivity contribution in [3.63, 3.8) is 0 Å². The Kier molecular flexibility index (Phi) is 14.7.